The van der Waals surface area contributed by atoms with Gasteiger partial charge in [0.1, 0.15) is 0 Å². The number of halogens is 1. The molecule has 1 aromatic heterocycles. The minimum Gasteiger partial charge on any atom is -0.503 e. The summed E-state index contributed by atoms with van der Waals surface area (Å²) in [4.78, 5) is 24.0. The van der Waals surface area contributed by atoms with Crippen molar-refractivity contribution in [1.82, 2.24) is 15.1 Å². The third kappa shape index (κ3) is 3.76. The van der Waals surface area contributed by atoms with Crippen LogP contribution in [0.1, 0.15) is 16.1 Å². The van der Waals surface area contributed by atoms with Crippen molar-refractivity contribution in [2.75, 3.05) is 14.2 Å². The largest absolute Gasteiger partial charge is 0.503 e. The Morgan fingerprint density at radius 2 is 2.00 bits per heavy atom. The Labute approximate surface area is 166 Å². The Morgan fingerprint density at radius 1 is 1.25 bits per heavy atom. The maximum absolute atomic E-state index is 12.1. The van der Waals surface area contributed by atoms with Crippen LogP contribution in [0.15, 0.2) is 53.5 Å². The second kappa shape index (κ2) is 8.24. The summed E-state index contributed by atoms with van der Waals surface area (Å²) in [5.74, 6) is -1.27. The molecule has 0 bridgehead atoms. The van der Waals surface area contributed by atoms with Crippen molar-refractivity contribution < 1.29 is 14.6 Å². The molecule has 0 saturated carbocycles. The van der Waals surface area contributed by atoms with Crippen molar-refractivity contribution >= 4 is 17.5 Å². The number of aromatic hydroxyl groups is 1. The number of carbonyl (C=O) groups is 1. The molecular formula is C20H18ClN3O4. The Hall–Kier alpha value is -3.16. The molecule has 0 fully saturated rings. The molecular weight excluding hydrogens is 382 g/mol. The van der Waals surface area contributed by atoms with Crippen molar-refractivity contribution in [2.45, 2.75) is 6.61 Å². The lowest BCUT2D eigenvalue weighted by molar-refractivity contribution is 0.0954. The summed E-state index contributed by atoms with van der Waals surface area (Å²) < 4.78 is 6.47. The van der Waals surface area contributed by atoms with Crippen LogP contribution in [0.3, 0.4) is 0 Å². The minimum atomic E-state index is -0.840. The minimum absolute atomic E-state index is 0.406. The van der Waals surface area contributed by atoms with Gasteiger partial charge in [0.05, 0.1) is 18.5 Å². The van der Waals surface area contributed by atoms with Crippen LogP contribution >= 0.6 is 11.6 Å². The van der Waals surface area contributed by atoms with Crippen molar-refractivity contribution in [2.24, 2.45) is 0 Å². The number of nitrogens with one attached hydrogen (secondary N) is 1. The smallest absolute Gasteiger partial charge is 0.275 e. The average molecular weight is 400 g/mol. The van der Waals surface area contributed by atoms with Gasteiger partial charge in [-0.25, -0.2) is 4.68 Å². The maximum atomic E-state index is 12.1. The first-order valence-corrected chi connectivity index (χ1v) is 8.76. The molecule has 1 amide bonds. The number of rotatable bonds is 5. The van der Waals surface area contributed by atoms with Gasteiger partial charge in [0.15, 0.2) is 11.4 Å². The zero-order chi connectivity index (χ0) is 20.3. The first-order chi connectivity index (χ1) is 13.5. The van der Waals surface area contributed by atoms with E-state index in [9.17, 15) is 14.7 Å². The zero-order valence-corrected chi connectivity index (χ0v) is 16.0. The lowest BCUT2D eigenvalue weighted by atomic mass is 10.0. The number of nitrogens with zero attached hydrogens (tertiary/aromatic N) is 2. The second-order valence-electron chi connectivity index (χ2n) is 5.98. The van der Waals surface area contributed by atoms with E-state index in [1.807, 2.05) is 24.3 Å². The molecule has 0 saturated heterocycles. The molecule has 0 unspecified atom stereocenters. The lowest BCUT2D eigenvalue weighted by Crippen LogP contribution is -2.29. The summed E-state index contributed by atoms with van der Waals surface area (Å²) in [6.45, 7) is 0.421. The molecule has 0 atom stereocenters. The number of hydrogen-bond donors (Lipinski definition) is 2. The molecule has 1 heterocycles. The SMILES string of the molecule is CNC(=O)c1nn(-c2ccccc2-c2cc(COC)ccc2Cl)cc(O)c1=O. The molecule has 2 N–H and O–H groups in total. The third-order valence-electron chi connectivity index (χ3n) is 4.12. The fourth-order valence-corrected chi connectivity index (χ4v) is 3.02. The fourth-order valence-electron chi connectivity index (χ4n) is 2.80. The molecule has 0 aliphatic rings. The van der Waals surface area contributed by atoms with E-state index in [0.717, 1.165) is 11.1 Å². The number of para-hydroxylation sites is 1. The fraction of sp³-hybridized carbons (Fsp3) is 0.150. The van der Waals surface area contributed by atoms with Crippen LogP contribution in [0.2, 0.25) is 5.02 Å². The molecule has 3 rings (SSSR count). The van der Waals surface area contributed by atoms with Crippen LogP contribution in [-0.4, -0.2) is 35.0 Å². The molecule has 3 aromatic rings. The summed E-state index contributed by atoms with van der Waals surface area (Å²) in [6.07, 6.45) is 1.17. The Morgan fingerprint density at radius 3 is 2.71 bits per heavy atom. The number of benzene rings is 2. The highest BCUT2D eigenvalue weighted by molar-refractivity contribution is 6.33. The van der Waals surface area contributed by atoms with E-state index in [1.165, 1.54) is 17.9 Å². The molecule has 28 heavy (non-hydrogen) atoms. The van der Waals surface area contributed by atoms with Crippen molar-refractivity contribution in [3.8, 4) is 22.6 Å². The van der Waals surface area contributed by atoms with Crippen LogP contribution in [-0.2, 0) is 11.3 Å². The van der Waals surface area contributed by atoms with Crippen molar-refractivity contribution in [1.29, 1.82) is 0 Å². The predicted molar refractivity (Wildman–Crippen MR) is 106 cm³/mol. The summed E-state index contributed by atoms with van der Waals surface area (Å²) in [6, 6.07) is 12.7. The first-order valence-electron chi connectivity index (χ1n) is 8.38. The molecule has 144 valence electrons. The molecule has 2 aromatic carbocycles. The van der Waals surface area contributed by atoms with E-state index in [0.29, 0.717) is 22.9 Å². The molecule has 0 radical (unpaired) electrons. The molecule has 8 heteroatoms. The van der Waals surface area contributed by atoms with E-state index in [2.05, 4.69) is 10.4 Å². The lowest BCUT2D eigenvalue weighted by Gasteiger charge is -2.15. The first kappa shape index (κ1) is 19.6. The van der Waals surface area contributed by atoms with Crippen molar-refractivity contribution in [3.63, 3.8) is 0 Å². The van der Waals surface area contributed by atoms with Gasteiger partial charge in [-0.3, -0.25) is 9.59 Å². The van der Waals surface area contributed by atoms with E-state index >= 15 is 0 Å². The standard InChI is InChI=1S/C20H18ClN3O4/c1-22-20(27)18-19(26)17(25)10-24(23-18)16-6-4-3-5-13(16)14-9-12(11-28-2)7-8-15(14)21/h3-10,25H,11H2,1-2H3,(H,22,27). The van der Waals surface area contributed by atoms with Gasteiger partial charge in [0, 0.05) is 30.3 Å². The van der Waals surface area contributed by atoms with Gasteiger partial charge in [0.2, 0.25) is 0 Å². The van der Waals surface area contributed by atoms with Crippen LogP contribution in [0.5, 0.6) is 5.75 Å². The highest BCUT2D eigenvalue weighted by Crippen LogP contribution is 2.33. The molecule has 7 nitrogen and oxygen atoms in total. The maximum Gasteiger partial charge on any atom is 0.275 e. The quantitative estimate of drug-likeness (QED) is 0.688. The van der Waals surface area contributed by atoms with Gasteiger partial charge in [-0.05, 0) is 23.8 Å². The number of methoxy groups -OCH3 is 1. The number of aromatic nitrogens is 2. The van der Waals surface area contributed by atoms with Gasteiger partial charge < -0.3 is 15.2 Å². The van der Waals surface area contributed by atoms with Crippen LogP contribution in [0.4, 0.5) is 0 Å². The summed E-state index contributed by atoms with van der Waals surface area (Å²) in [5.41, 5.74) is 1.67. The zero-order valence-electron chi connectivity index (χ0n) is 15.3. The average Bonchev–Trinajstić information content (AvgIpc) is 2.71. The Bertz CT molecular complexity index is 1100. The second-order valence-corrected chi connectivity index (χ2v) is 6.39. The van der Waals surface area contributed by atoms with Crippen LogP contribution in [0, 0.1) is 0 Å². The van der Waals surface area contributed by atoms with E-state index < -0.39 is 22.8 Å². The Kier molecular flexibility index (Phi) is 5.77. The van der Waals surface area contributed by atoms with E-state index in [-0.39, 0.29) is 0 Å². The molecule has 0 aliphatic carbocycles. The van der Waals surface area contributed by atoms with Gasteiger partial charge >= 0.3 is 0 Å². The number of hydrogen-bond acceptors (Lipinski definition) is 5. The van der Waals surface area contributed by atoms with E-state index in [4.69, 9.17) is 16.3 Å². The van der Waals surface area contributed by atoms with Gasteiger partial charge in [-0.15, -0.1) is 0 Å². The highest BCUT2D eigenvalue weighted by Gasteiger charge is 2.18. The van der Waals surface area contributed by atoms with Gasteiger partial charge in [0.25, 0.3) is 11.3 Å². The number of amides is 1. The normalized spacial score (nSPS) is 10.7. The van der Waals surface area contributed by atoms with Gasteiger partial charge in [-0.2, -0.15) is 5.10 Å². The monoisotopic (exact) mass is 399 g/mol. The topological polar surface area (TPSA) is 93.5 Å². The van der Waals surface area contributed by atoms with Crippen LogP contribution < -0.4 is 10.7 Å². The van der Waals surface area contributed by atoms with Gasteiger partial charge in [-0.1, -0.05) is 35.9 Å². The summed E-state index contributed by atoms with van der Waals surface area (Å²) >= 11 is 6.42. The number of ether oxygens (including phenoxy) is 1. The summed E-state index contributed by atoms with van der Waals surface area (Å²) in [5, 5.41) is 17.0. The van der Waals surface area contributed by atoms with Crippen molar-refractivity contribution in [3.05, 3.63) is 75.2 Å². The third-order valence-corrected chi connectivity index (χ3v) is 4.45. The molecule has 0 spiro atoms. The summed E-state index contributed by atoms with van der Waals surface area (Å²) in [7, 11) is 2.99. The van der Waals surface area contributed by atoms with Crippen LogP contribution in [0.25, 0.3) is 16.8 Å². The number of carbonyl (C=O) groups excluding carboxylic acids is 1. The highest BCUT2D eigenvalue weighted by atomic mass is 35.5. The predicted octanol–water partition coefficient (Wildman–Crippen LogP) is 2.76. The molecule has 0 aliphatic heterocycles. The van der Waals surface area contributed by atoms with E-state index in [1.54, 1.807) is 25.3 Å². The Balaban J connectivity index is 2.22.